The Morgan fingerprint density at radius 1 is 1.36 bits per heavy atom. The molecule has 1 unspecified atom stereocenters. The minimum atomic E-state index is -0.429. The quantitative estimate of drug-likeness (QED) is 0.373. The van der Waals surface area contributed by atoms with Crippen LogP contribution in [0.4, 0.5) is 0 Å². The van der Waals surface area contributed by atoms with E-state index in [1.807, 2.05) is 6.92 Å². The lowest BCUT2D eigenvalue weighted by atomic mass is 9.99. The number of ether oxygens (including phenoxy) is 1. The van der Waals surface area contributed by atoms with Gasteiger partial charge in [-0.2, -0.15) is 0 Å². The molecule has 0 saturated heterocycles. The second-order valence-corrected chi connectivity index (χ2v) is 4.76. The molecule has 0 aromatic rings. The standard InChI is InChI=1S/C11H21ClO2/c1-4-6-7-8-11(3,12)9-10(13)14-5-2/h4-9H2,1-3H3. The molecule has 2 nitrogen and oxygen atoms in total. The molecule has 0 fully saturated rings. The van der Waals surface area contributed by atoms with Crippen LogP contribution in [0.2, 0.25) is 0 Å². The van der Waals surface area contributed by atoms with Crippen LogP contribution in [0.15, 0.2) is 0 Å². The summed E-state index contributed by atoms with van der Waals surface area (Å²) in [4.78, 5) is 10.8. The van der Waals surface area contributed by atoms with Gasteiger partial charge in [0, 0.05) is 0 Å². The highest BCUT2D eigenvalue weighted by atomic mass is 35.5. The van der Waals surface area contributed by atoms with Crippen LogP contribution in [-0.2, 0) is 9.53 Å². The van der Waals surface area contributed by atoms with Gasteiger partial charge < -0.3 is 4.74 Å². The number of carbonyl (C=O) groups is 1. The van der Waals surface area contributed by atoms with E-state index in [-0.39, 0.29) is 5.97 Å². The van der Waals surface area contributed by atoms with Crippen molar-refractivity contribution in [1.82, 2.24) is 0 Å². The SMILES string of the molecule is CCCCCC(C)(Cl)CC(=O)OCC. The van der Waals surface area contributed by atoms with Crippen LogP contribution in [0.5, 0.6) is 0 Å². The average molecular weight is 221 g/mol. The van der Waals surface area contributed by atoms with Crippen molar-refractivity contribution < 1.29 is 9.53 Å². The summed E-state index contributed by atoms with van der Waals surface area (Å²) in [6.45, 7) is 6.29. The summed E-state index contributed by atoms with van der Waals surface area (Å²) in [5.41, 5.74) is 0. The molecule has 0 aromatic carbocycles. The summed E-state index contributed by atoms with van der Waals surface area (Å²) in [6, 6.07) is 0. The monoisotopic (exact) mass is 220 g/mol. The smallest absolute Gasteiger partial charge is 0.307 e. The Balaban J connectivity index is 3.75. The largest absolute Gasteiger partial charge is 0.466 e. The third kappa shape index (κ3) is 7.19. The van der Waals surface area contributed by atoms with Gasteiger partial charge in [-0.1, -0.05) is 26.2 Å². The lowest BCUT2D eigenvalue weighted by Crippen LogP contribution is -2.22. The molecule has 84 valence electrons. The van der Waals surface area contributed by atoms with Crippen LogP contribution in [0.25, 0.3) is 0 Å². The fourth-order valence-corrected chi connectivity index (χ4v) is 1.59. The average Bonchev–Trinajstić information content (AvgIpc) is 2.03. The summed E-state index contributed by atoms with van der Waals surface area (Å²) in [6.07, 6.45) is 4.61. The van der Waals surface area contributed by atoms with Crippen LogP contribution in [0.1, 0.15) is 52.9 Å². The molecule has 0 rings (SSSR count). The molecule has 1 atom stereocenters. The molecule has 0 N–H and O–H groups in total. The summed E-state index contributed by atoms with van der Waals surface area (Å²) in [5, 5.41) is 0. The van der Waals surface area contributed by atoms with Gasteiger partial charge in [-0.25, -0.2) is 0 Å². The summed E-state index contributed by atoms with van der Waals surface area (Å²) < 4.78 is 4.86. The molecule has 14 heavy (non-hydrogen) atoms. The van der Waals surface area contributed by atoms with Gasteiger partial charge in [-0.3, -0.25) is 4.79 Å². The molecular formula is C11H21ClO2. The molecule has 3 heteroatoms. The predicted molar refractivity (Wildman–Crippen MR) is 59.7 cm³/mol. The van der Waals surface area contributed by atoms with E-state index < -0.39 is 4.87 Å². The van der Waals surface area contributed by atoms with Gasteiger partial charge in [0.15, 0.2) is 0 Å². The van der Waals surface area contributed by atoms with Gasteiger partial charge in [0.05, 0.1) is 17.9 Å². The van der Waals surface area contributed by atoms with E-state index in [1.165, 1.54) is 12.8 Å². The van der Waals surface area contributed by atoms with Crippen molar-refractivity contribution in [3.8, 4) is 0 Å². The second-order valence-electron chi connectivity index (χ2n) is 3.85. The van der Waals surface area contributed by atoms with Gasteiger partial charge in [-0.15, -0.1) is 11.6 Å². The minimum Gasteiger partial charge on any atom is -0.466 e. The van der Waals surface area contributed by atoms with E-state index in [4.69, 9.17) is 16.3 Å². The number of hydrogen-bond donors (Lipinski definition) is 0. The van der Waals surface area contributed by atoms with Crippen molar-refractivity contribution in [1.29, 1.82) is 0 Å². The summed E-state index contributed by atoms with van der Waals surface area (Å²) in [5.74, 6) is -0.193. The van der Waals surface area contributed by atoms with E-state index in [0.717, 1.165) is 12.8 Å². The maximum atomic E-state index is 11.2. The number of unbranched alkanes of at least 4 members (excludes halogenated alkanes) is 2. The predicted octanol–water partition coefficient (Wildman–Crippen LogP) is 3.52. The molecule has 0 aliphatic carbocycles. The topological polar surface area (TPSA) is 26.3 Å². The van der Waals surface area contributed by atoms with Crippen LogP contribution in [-0.4, -0.2) is 17.5 Å². The van der Waals surface area contributed by atoms with Gasteiger partial charge in [0.25, 0.3) is 0 Å². The molecule has 0 aliphatic heterocycles. The molecule has 0 radical (unpaired) electrons. The molecule has 0 aliphatic rings. The second kappa shape index (κ2) is 7.10. The number of alkyl halides is 1. The van der Waals surface area contributed by atoms with Gasteiger partial charge in [0.2, 0.25) is 0 Å². The first-order valence-electron chi connectivity index (χ1n) is 5.36. The molecule has 0 heterocycles. The van der Waals surface area contributed by atoms with E-state index in [0.29, 0.717) is 13.0 Å². The fraction of sp³-hybridized carbons (Fsp3) is 0.909. The number of carbonyl (C=O) groups excluding carboxylic acids is 1. The molecule has 0 saturated carbocycles. The molecule has 0 aromatic heterocycles. The van der Waals surface area contributed by atoms with Gasteiger partial charge in [0.1, 0.15) is 0 Å². The first-order valence-corrected chi connectivity index (χ1v) is 5.74. The first-order chi connectivity index (χ1) is 6.52. The number of hydrogen-bond acceptors (Lipinski definition) is 2. The van der Waals surface area contributed by atoms with Crippen molar-refractivity contribution in [2.24, 2.45) is 0 Å². The van der Waals surface area contributed by atoms with Crippen molar-refractivity contribution in [2.45, 2.75) is 57.7 Å². The Morgan fingerprint density at radius 3 is 2.50 bits per heavy atom. The zero-order valence-corrected chi connectivity index (χ0v) is 10.2. The first kappa shape index (κ1) is 13.8. The fourth-order valence-electron chi connectivity index (χ4n) is 1.34. The third-order valence-corrected chi connectivity index (χ3v) is 2.44. The van der Waals surface area contributed by atoms with Crippen LogP contribution >= 0.6 is 11.6 Å². The van der Waals surface area contributed by atoms with Crippen molar-refractivity contribution in [3.63, 3.8) is 0 Å². The van der Waals surface area contributed by atoms with Gasteiger partial charge in [-0.05, 0) is 20.3 Å². The zero-order chi connectivity index (χ0) is 11.0. The highest BCUT2D eigenvalue weighted by Crippen LogP contribution is 2.26. The van der Waals surface area contributed by atoms with Gasteiger partial charge >= 0.3 is 5.97 Å². The van der Waals surface area contributed by atoms with Crippen molar-refractivity contribution in [2.75, 3.05) is 6.61 Å². The molecular weight excluding hydrogens is 200 g/mol. The Hall–Kier alpha value is -0.240. The van der Waals surface area contributed by atoms with E-state index in [1.54, 1.807) is 6.92 Å². The lowest BCUT2D eigenvalue weighted by Gasteiger charge is -2.20. The van der Waals surface area contributed by atoms with Crippen LogP contribution in [0, 0.1) is 0 Å². The van der Waals surface area contributed by atoms with Crippen molar-refractivity contribution in [3.05, 3.63) is 0 Å². The van der Waals surface area contributed by atoms with E-state index >= 15 is 0 Å². The van der Waals surface area contributed by atoms with Crippen LogP contribution in [0.3, 0.4) is 0 Å². The summed E-state index contributed by atoms with van der Waals surface area (Å²) in [7, 11) is 0. The highest BCUT2D eigenvalue weighted by Gasteiger charge is 2.24. The Kier molecular flexibility index (Phi) is 6.98. The maximum Gasteiger partial charge on any atom is 0.307 e. The Bertz CT molecular complexity index is 167. The zero-order valence-electron chi connectivity index (χ0n) is 9.44. The number of rotatable bonds is 7. The van der Waals surface area contributed by atoms with E-state index in [2.05, 4.69) is 6.92 Å². The summed E-state index contributed by atoms with van der Waals surface area (Å²) >= 11 is 6.20. The lowest BCUT2D eigenvalue weighted by molar-refractivity contribution is -0.143. The van der Waals surface area contributed by atoms with E-state index in [9.17, 15) is 4.79 Å². The maximum absolute atomic E-state index is 11.2. The normalized spacial score (nSPS) is 14.9. The molecule has 0 spiro atoms. The Labute approximate surface area is 92.0 Å². The highest BCUT2D eigenvalue weighted by molar-refractivity contribution is 6.24. The molecule has 0 bridgehead atoms. The third-order valence-electron chi connectivity index (χ3n) is 2.12. The minimum absolute atomic E-state index is 0.193. The Morgan fingerprint density at radius 2 is 2.00 bits per heavy atom. The van der Waals surface area contributed by atoms with Crippen LogP contribution < -0.4 is 0 Å². The van der Waals surface area contributed by atoms with Crippen molar-refractivity contribution >= 4 is 17.6 Å². The molecule has 0 amide bonds. The number of halogens is 1. The number of esters is 1.